The number of rotatable bonds is 1. The van der Waals surface area contributed by atoms with Crippen LogP contribution in [-0.4, -0.2) is 6.61 Å². The highest BCUT2D eigenvalue weighted by atomic mass is 35.5. The Morgan fingerprint density at radius 3 is 3.08 bits per heavy atom. The van der Waals surface area contributed by atoms with Crippen molar-refractivity contribution in [2.45, 2.75) is 19.4 Å². The van der Waals surface area contributed by atoms with Gasteiger partial charge in [0.15, 0.2) is 0 Å². The van der Waals surface area contributed by atoms with Crippen LogP contribution in [0.4, 0.5) is 0 Å². The van der Waals surface area contributed by atoms with Gasteiger partial charge < -0.3 is 4.84 Å². The monoisotopic (exact) mass is 197 g/mol. The minimum absolute atomic E-state index is 0.304. The molecule has 1 N–H and O–H groups in total. The Morgan fingerprint density at radius 2 is 2.38 bits per heavy atom. The number of halogens is 1. The zero-order valence-corrected chi connectivity index (χ0v) is 8.27. The lowest BCUT2D eigenvalue weighted by molar-refractivity contribution is 0.0882. The van der Waals surface area contributed by atoms with Crippen molar-refractivity contribution in [2.75, 3.05) is 6.61 Å². The van der Waals surface area contributed by atoms with Crippen LogP contribution in [0.2, 0.25) is 5.02 Å². The van der Waals surface area contributed by atoms with E-state index in [2.05, 4.69) is 11.5 Å². The summed E-state index contributed by atoms with van der Waals surface area (Å²) in [5.74, 6) is 0. The molecule has 1 aliphatic rings. The summed E-state index contributed by atoms with van der Waals surface area (Å²) in [6, 6.07) is 6.28. The zero-order valence-electron chi connectivity index (χ0n) is 7.51. The van der Waals surface area contributed by atoms with E-state index in [9.17, 15) is 0 Å². The number of hydrogen-bond donors (Lipinski definition) is 1. The molecule has 0 aliphatic carbocycles. The molecule has 2 rings (SSSR count). The maximum Gasteiger partial charge on any atom is 0.0701 e. The fourth-order valence-corrected chi connectivity index (χ4v) is 1.80. The van der Waals surface area contributed by atoms with Crippen LogP contribution in [-0.2, 0) is 4.84 Å². The summed E-state index contributed by atoms with van der Waals surface area (Å²) < 4.78 is 0. The smallest absolute Gasteiger partial charge is 0.0701 e. The topological polar surface area (TPSA) is 21.3 Å². The fourth-order valence-electron chi connectivity index (χ4n) is 1.62. The van der Waals surface area contributed by atoms with E-state index in [0.29, 0.717) is 6.04 Å². The van der Waals surface area contributed by atoms with E-state index in [0.717, 1.165) is 23.6 Å². The van der Waals surface area contributed by atoms with Gasteiger partial charge in [0.05, 0.1) is 12.6 Å². The maximum absolute atomic E-state index is 6.02. The van der Waals surface area contributed by atoms with Crippen molar-refractivity contribution >= 4 is 11.6 Å². The Hall–Kier alpha value is -0.570. The highest BCUT2D eigenvalue weighted by Gasteiger charge is 2.19. The zero-order chi connectivity index (χ0) is 9.26. The van der Waals surface area contributed by atoms with Crippen molar-refractivity contribution in [1.82, 2.24) is 5.48 Å². The predicted octanol–water partition coefficient (Wildman–Crippen LogP) is 2.61. The van der Waals surface area contributed by atoms with Gasteiger partial charge in [-0.05, 0) is 30.5 Å². The number of hydroxylamine groups is 1. The molecular formula is C10H12ClNO. The van der Waals surface area contributed by atoms with Crippen molar-refractivity contribution in [1.29, 1.82) is 0 Å². The second-order valence-electron chi connectivity index (χ2n) is 3.26. The highest BCUT2D eigenvalue weighted by molar-refractivity contribution is 6.31. The van der Waals surface area contributed by atoms with Crippen molar-refractivity contribution < 1.29 is 4.84 Å². The van der Waals surface area contributed by atoms with Crippen LogP contribution in [0.3, 0.4) is 0 Å². The molecule has 1 fully saturated rings. The molecule has 0 saturated carbocycles. The number of nitrogens with one attached hydrogen (secondary N) is 1. The van der Waals surface area contributed by atoms with Gasteiger partial charge in [-0.3, -0.25) is 0 Å². The molecule has 1 saturated heterocycles. The van der Waals surface area contributed by atoms with Gasteiger partial charge in [-0.1, -0.05) is 23.7 Å². The molecule has 1 heterocycles. The Balaban J connectivity index is 2.33. The van der Waals surface area contributed by atoms with Crippen molar-refractivity contribution in [3.63, 3.8) is 0 Å². The molecule has 0 radical (unpaired) electrons. The average molecular weight is 198 g/mol. The summed E-state index contributed by atoms with van der Waals surface area (Å²) in [6.45, 7) is 2.81. The van der Waals surface area contributed by atoms with E-state index >= 15 is 0 Å². The van der Waals surface area contributed by atoms with Crippen LogP contribution in [0.25, 0.3) is 0 Å². The predicted molar refractivity (Wildman–Crippen MR) is 52.6 cm³/mol. The van der Waals surface area contributed by atoms with E-state index in [4.69, 9.17) is 16.4 Å². The van der Waals surface area contributed by atoms with Crippen LogP contribution in [0, 0.1) is 6.92 Å². The quantitative estimate of drug-likeness (QED) is 0.748. The first-order valence-electron chi connectivity index (χ1n) is 4.41. The molecule has 0 bridgehead atoms. The minimum atomic E-state index is 0.304. The van der Waals surface area contributed by atoms with Gasteiger partial charge in [-0.2, -0.15) is 5.48 Å². The number of benzene rings is 1. The van der Waals surface area contributed by atoms with Crippen LogP contribution < -0.4 is 5.48 Å². The number of hydrogen-bond acceptors (Lipinski definition) is 2. The summed E-state index contributed by atoms with van der Waals surface area (Å²) in [7, 11) is 0. The largest absolute Gasteiger partial charge is 0.301 e. The van der Waals surface area contributed by atoms with E-state index in [1.54, 1.807) is 0 Å². The van der Waals surface area contributed by atoms with E-state index in [-0.39, 0.29) is 0 Å². The average Bonchev–Trinajstić information content (AvgIpc) is 2.62. The molecule has 1 aliphatic heterocycles. The van der Waals surface area contributed by atoms with Crippen LogP contribution in [0.5, 0.6) is 0 Å². The molecule has 1 aromatic carbocycles. The first kappa shape index (κ1) is 9.00. The molecule has 13 heavy (non-hydrogen) atoms. The van der Waals surface area contributed by atoms with Gasteiger partial charge in [0, 0.05) is 5.02 Å². The van der Waals surface area contributed by atoms with Gasteiger partial charge in [0.25, 0.3) is 0 Å². The third kappa shape index (κ3) is 1.70. The summed E-state index contributed by atoms with van der Waals surface area (Å²) in [5.41, 5.74) is 5.37. The van der Waals surface area contributed by atoms with Crippen molar-refractivity contribution in [3.8, 4) is 0 Å². The molecule has 1 atom stereocenters. The van der Waals surface area contributed by atoms with Gasteiger partial charge in [0.1, 0.15) is 0 Å². The molecule has 1 aromatic rings. The normalized spacial score (nSPS) is 22.2. The first-order valence-corrected chi connectivity index (χ1v) is 4.79. The summed E-state index contributed by atoms with van der Waals surface area (Å²) >= 11 is 6.02. The van der Waals surface area contributed by atoms with Crippen LogP contribution in [0.1, 0.15) is 23.6 Å². The lowest BCUT2D eigenvalue weighted by atomic mass is 10.0. The van der Waals surface area contributed by atoms with E-state index < -0.39 is 0 Å². The van der Waals surface area contributed by atoms with Crippen LogP contribution >= 0.6 is 11.6 Å². The summed E-state index contributed by atoms with van der Waals surface area (Å²) in [5, 5.41) is 0.825. The fraction of sp³-hybridized carbons (Fsp3) is 0.400. The van der Waals surface area contributed by atoms with Gasteiger partial charge in [0.2, 0.25) is 0 Å². The van der Waals surface area contributed by atoms with E-state index in [1.165, 1.54) is 5.56 Å². The van der Waals surface area contributed by atoms with Gasteiger partial charge in [-0.25, -0.2) is 0 Å². The first-order chi connectivity index (χ1) is 6.29. The molecule has 70 valence electrons. The molecular weight excluding hydrogens is 186 g/mol. The molecule has 0 unspecified atom stereocenters. The molecule has 0 spiro atoms. The Kier molecular flexibility index (Phi) is 2.54. The SMILES string of the molecule is Cc1c(Cl)cccc1[C@H]1CCON1. The minimum Gasteiger partial charge on any atom is -0.301 e. The van der Waals surface area contributed by atoms with Crippen molar-refractivity contribution in [2.24, 2.45) is 0 Å². The van der Waals surface area contributed by atoms with Crippen molar-refractivity contribution in [3.05, 3.63) is 34.3 Å². The van der Waals surface area contributed by atoms with Gasteiger partial charge in [-0.15, -0.1) is 0 Å². The molecule has 3 heteroatoms. The Labute approximate surface area is 82.8 Å². The Morgan fingerprint density at radius 1 is 1.54 bits per heavy atom. The summed E-state index contributed by atoms with van der Waals surface area (Å²) in [4.78, 5) is 5.11. The second kappa shape index (κ2) is 3.66. The van der Waals surface area contributed by atoms with Gasteiger partial charge >= 0.3 is 0 Å². The lowest BCUT2D eigenvalue weighted by Crippen LogP contribution is -2.12. The highest BCUT2D eigenvalue weighted by Crippen LogP contribution is 2.27. The van der Waals surface area contributed by atoms with E-state index in [1.807, 2.05) is 19.1 Å². The third-order valence-corrected chi connectivity index (χ3v) is 2.83. The standard InChI is InChI=1S/C10H12ClNO/c1-7-8(3-2-4-9(7)11)10-5-6-13-12-10/h2-4,10,12H,5-6H2,1H3/t10-/m1/s1. The Bertz CT molecular complexity index is 308. The second-order valence-corrected chi connectivity index (χ2v) is 3.67. The maximum atomic E-state index is 6.02. The molecule has 0 amide bonds. The summed E-state index contributed by atoms with van der Waals surface area (Å²) in [6.07, 6.45) is 1.02. The third-order valence-electron chi connectivity index (χ3n) is 2.42. The molecule has 0 aromatic heterocycles. The lowest BCUT2D eigenvalue weighted by Gasteiger charge is -2.12. The van der Waals surface area contributed by atoms with Crippen LogP contribution in [0.15, 0.2) is 18.2 Å². The molecule has 2 nitrogen and oxygen atoms in total.